The Labute approximate surface area is 180 Å². The maximum Gasteiger partial charge on any atom is 0.348 e. The normalized spacial score (nSPS) is 12.7. The smallest absolute Gasteiger partial charge is 0.326 e. The van der Waals surface area contributed by atoms with Crippen LogP contribution in [0.1, 0.15) is 24.6 Å². The number of carbonyl (C=O) groups is 2. The van der Waals surface area contributed by atoms with Gasteiger partial charge in [-0.25, -0.2) is 4.79 Å². The molecule has 8 nitrogen and oxygen atoms in total. The lowest BCUT2D eigenvalue weighted by molar-refractivity contribution is -0.114. The number of rotatable bonds is 8. The second-order valence-electron chi connectivity index (χ2n) is 7.53. The van der Waals surface area contributed by atoms with Crippen LogP contribution in [0.2, 0.25) is 0 Å². The minimum atomic E-state index is -0.247. The van der Waals surface area contributed by atoms with E-state index in [1.165, 1.54) is 18.7 Å². The summed E-state index contributed by atoms with van der Waals surface area (Å²) in [7, 11) is 3.96. The highest BCUT2D eigenvalue weighted by Crippen LogP contribution is 2.29. The zero-order valence-corrected chi connectivity index (χ0v) is 18.3. The highest BCUT2D eigenvalue weighted by Gasteiger charge is 2.22. The number of hydrogen-bond donors (Lipinski definition) is 2. The Morgan fingerprint density at radius 2 is 1.93 bits per heavy atom. The molecule has 2 aromatic rings. The summed E-state index contributed by atoms with van der Waals surface area (Å²) < 4.78 is 1.78. The summed E-state index contributed by atoms with van der Waals surface area (Å²) in [4.78, 5) is 42.5. The summed E-state index contributed by atoms with van der Waals surface area (Å²) in [5, 5.41) is 6.18. The van der Waals surface area contributed by atoms with Crippen LogP contribution in [0.15, 0.2) is 34.1 Å². The van der Waals surface area contributed by atoms with Gasteiger partial charge < -0.3 is 15.5 Å². The molecule has 0 fully saturated rings. The maximum atomic E-state index is 12.6. The van der Waals surface area contributed by atoms with Gasteiger partial charge in [-0.2, -0.15) is 4.98 Å². The van der Waals surface area contributed by atoms with Crippen LogP contribution in [0, 0.1) is 0 Å². The number of anilines is 2. The molecule has 0 saturated carbocycles. The topological polar surface area (TPSA) is 96.3 Å². The van der Waals surface area contributed by atoms with E-state index in [9.17, 15) is 14.4 Å². The average molecular weight is 430 g/mol. The summed E-state index contributed by atoms with van der Waals surface area (Å²) in [6.07, 6.45) is 2.75. The molecule has 0 radical (unpaired) electrons. The van der Waals surface area contributed by atoms with Gasteiger partial charge >= 0.3 is 5.69 Å². The molecule has 0 aliphatic heterocycles. The number of nitrogens with zero attached hydrogens (tertiary/aromatic N) is 3. The Hall–Kier alpha value is -2.65. The first-order valence-corrected chi connectivity index (χ1v) is 10.9. The van der Waals surface area contributed by atoms with E-state index in [0.29, 0.717) is 22.9 Å². The minimum absolute atomic E-state index is 0.158. The molecular weight excluding hydrogens is 402 g/mol. The number of carbonyl (C=O) groups excluding carboxylic acids is 2. The molecule has 1 aromatic carbocycles. The number of aromatic nitrogens is 2. The highest BCUT2D eigenvalue weighted by molar-refractivity contribution is 8.00. The molecular formula is C21H27N5O3S. The number of thioether (sulfide) groups is 1. The van der Waals surface area contributed by atoms with Crippen molar-refractivity contribution in [3.8, 4) is 0 Å². The first kappa shape index (κ1) is 22.0. The van der Waals surface area contributed by atoms with Gasteiger partial charge in [-0.1, -0.05) is 17.8 Å². The summed E-state index contributed by atoms with van der Waals surface area (Å²) in [5.74, 6) is -0.204. The van der Waals surface area contributed by atoms with Crippen molar-refractivity contribution in [2.24, 2.45) is 0 Å². The van der Waals surface area contributed by atoms with Crippen molar-refractivity contribution in [3.05, 3.63) is 46.0 Å². The van der Waals surface area contributed by atoms with E-state index in [-0.39, 0.29) is 23.3 Å². The summed E-state index contributed by atoms with van der Waals surface area (Å²) >= 11 is 1.30. The molecule has 3 rings (SSSR count). The Kier molecular flexibility index (Phi) is 7.28. The van der Waals surface area contributed by atoms with Crippen molar-refractivity contribution < 1.29 is 9.59 Å². The predicted molar refractivity (Wildman–Crippen MR) is 119 cm³/mol. The molecule has 2 N–H and O–H groups in total. The van der Waals surface area contributed by atoms with Gasteiger partial charge in [-0.05, 0) is 51.6 Å². The molecule has 1 aliphatic rings. The molecule has 30 heavy (non-hydrogen) atoms. The fraction of sp³-hybridized carbons (Fsp3) is 0.429. The van der Waals surface area contributed by atoms with Gasteiger partial charge in [0.05, 0.1) is 5.75 Å². The molecule has 0 atom stereocenters. The second-order valence-corrected chi connectivity index (χ2v) is 8.50. The van der Waals surface area contributed by atoms with Crippen molar-refractivity contribution in [2.45, 2.75) is 37.8 Å². The largest absolute Gasteiger partial charge is 0.348 e. The van der Waals surface area contributed by atoms with Gasteiger partial charge in [0.25, 0.3) is 0 Å². The molecule has 0 bridgehead atoms. The third kappa shape index (κ3) is 5.70. The number of fused-ring (bicyclic) bond motifs is 1. The quantitative estimate of drug-likeness (QED) is 0.492. The van der Waals surface area contributed by atoms with Crippen LogP contribution in [-0.4, -0.2) is 52.7 Å². The van der Waals surface area contributed by atoms with E-state index >= 15 is 0 Å². The molecule has 1 heterocycles. The molecule has 9 heteroatoms. The van der Waals surface area contributed by atoms with Crippen LogP contribution in [-0.2, 0) is 29.0 Å². The maximum absolute atomic E-state index is 12.6. The number of benzene rings is 1. The van der Waals surface area contributed by atoms with Crippen LogP contribution in [0.4, 0.5) is 11.4 Å². The number of hydrogen-bond acceptors (Lipinski definition) is 6. The lowest BCUT2D eigenvalue weighted by Crippen LogP contribution is -2.31. The predicted octanol–water partition coefficient (Wildman–Crippen LogP) is 1.98. The Morgan fingerprint density at radius 1 is 1.20 bits per heavy atom. The van der Waals surface area contributed by atoms with Gasteiger partial charge in [0, 0.05) is 42.6 Å². The first-order chi connectivity index (χ1) is 14.3. The molecule has 160 valence electrons. The van der Waals surface area contributed by atoms with Crippen LogP contribution in [0.3, 0.4) is 0 Å². The van der Waals surface area contributed by atoms with Crippen molar-refractivity contribution in [3.63, 3.8) is 0 Å². The van der Waals surface area contributed by atoms with Crippen LogP contribution in [0.25, 0.3) is 0 Å². The first-order valence-electron chi connectivity index (χ1n) is 9.91. The molecule has 2 amide bonds. The third-order valence-corrected chi connectivity index (χ3v) is 5.80. The zero-order valence-electron chi connectivity index (χ0n) is 17.5. The molecule has 1 aliphatic carbocycles. The number of amides is 2. The number of likely N-dealkylation sites (N-methyl/N-ethyl adjacent to an activating group) is 1. The van der Waals surface area contributed by atoms with Crippen molar-refractivity contribution in [2.75, 3.05) is 37.0 Å². The van der Waals surface area contributed by atoms with Crippen LogP contribution in [0.5, 0.6) is 0 Å². The second kappa shape index (κ2) is 9.90. The molecule has 0 saturated heterocycles. The fourth-order valence-corrected chi connectivity index (χ4v) is 4.32. The van der Waals surface area contributed by atoms with Crippen molar-refractivity contribution in [1.82, 2.24) is 14.5 Å². The Balaban J connectivity index is 1.67. The minimum Gasteiger partial charge on any atom is -0.326 e. The van der Waals surface area contributed by atoms with Gasteiger partial charge in [-0.15, -0.1) is 0 Å². The van der Waals surface area contributed by atoms with E-state index in [1.54, 1.807) is 28.8 Å². The van der Waals surface area contributed by atoms with Gasteiger partial charge in [0.1, 0.15) is 5.03 Å². The Bertz CT molecular complexity index is 1000. The summed E-state index contributed by atoms with van der Waals surface area (Å²) in [5.41, 5.74) is 3.13. The third-order valence-electron chi connectivity index (χ3n) is 4.78. The van der Waals surface area contributed by atoms with Gasteiger partial charge in [0.15, 0.2) is 0 Å². The average Bonchev–Trinajstić information content (AvgIpc) is 3.15. The van der Waals surface area contributed by atoms with E-state index < -0.39 is 0 Å². The zero-order chi connectivity index (χ0) is 21.7. The van der Waals surface area contributed by atoms with E-state index in [4.69, 9.17) is 0 Å². The lowest BCUT2D eigenvalue weighted by Gasteiger charge is -2.16. The van der Waals surface area contributed by atoms with Crippen molar-refractivity contribution >= 4 is 35.0 Å². The van der Waals surface area contributed by atoms with Crippen LogP contribution >= 0.6 is 11.8 Å². The monoisotopic (exact) mass is 429 g/mol. The van der Waals surface area contributed by atoms with E-state index in [2.05, 4.69) is 15.6 Å². The highest BCUT2D eigenvalue weighted by atomic mass is 32.2. The molecule has 0 spiro atoms. The summed E-state index contributed by atoms with van der Waals surface area (Å²) in [6, 6.07) is 6.97. The number of nitrogens with one attached hydrogen (secondary N) is 2. The molecule has 0 unspecified atom stereocenters. The standard InChI is InChI=1S/C21H27N5O3S/c1-14(27)22-15-6-4-7-16(12-15)23-19(28)13-30-20-17-8-5-9-18(17)26(21(29)24-20)11-10-25(2)3/h4,6-7,12H,5,8-11,13H2,1-3H3,(H,22,27)(H,23,28). The van der Waals surface area contributed by atoms with Crippen LogP contribution < -0.4 is 16.3 Å². The Morgan fingerprint density at radius 3 is 2.63 bits per heavy atom. The summed E-state index contributed by atoms with van der Waals surface area (Å²) in [6.45, 7) is 2.83. The van der Waals surface area contributed by atoms with Crippen molar-refractivity contribution in [1.29, 1.82) is 0 Å². The van der Waals surface area contributed by atoms with E-state index in [1.807, 2.05) is 19.0 Å². The lowest BCUT2D eigenvalue weighted by atomic mass is 10.2. The van der Waals surface area contributed by atoms with Gasteiger partial charge in [-0.3, -0.25) is 14.2 Å². The molecule has 1 aromatic heterocycles. The van der Waals surface area contributed by atoms with E-state index in [0.717, 1.165) is 37.1 Å². The van der Waals surface area contributed by atoms with Gasteiger partial charge in [0.2, 0.25) is 11.8 Å². The SMILES string of the molecule is CC(=O)Nc1cccc(NC(=O)CSc2nc(=O)n(CCN(C)C)c3c2CCC3)c1. The fourth-order valence-electron chi connectivity index (χ4n) is 3.45.